The lowest BCUT2D eigenvalue weighted by molar-refractivity contribution is -0.147. The number of fused-ring (bicyclic) bond motifs is 3. The largest absolute Gasteiger partial charge is 0.466 e. The first-order valence-corrected chi connectivity index (χ1v) is 8.20. The maximum Gasteiger partial charge on any atom is 0.308 e. The molecule has 1 heterocycles. The van der Waals surface area contributed by atoms with Gasteiger partial charge in [-0.3, -0.25) is 9.59 Å². The molecule has 2 unspecified atom stereocenters. The molecule has 6 heteroatoms. The van der Waals surface area contributed by atoms with E-state index in [-0.39, 0.29) is 18.8 Å². The maximum atomic E-state index is 12.0. The molecular weight excluding hydrogens is 310 g/mol. The van der Waals surface area contributed by atoms with E-state index in [1.54, 1.807) is 25.1 Å². The highest BCUT2D eigenvalue weighted by molar-refractivity contribution is 6.03. The van der Waals surface area contributed by atoms with Crippen LogP contribution in [0, 0.1) is 0 Å². The summed E-state index contributed by atoms with van der Waals surface area (Å²) in [6, 6.07) is 5.26. The molecule has 0 amide bonds. The number of rotatable bonds is 5. The Bertz CT molecular complexity index is 779. The minimum Gasteiger partial charge on any atom is -0.466 e. The van der Waals surface area contributed by atoms with E-state index >= 15 is 0 Å². The second-order valence-corrected chi connectivity index (χ2v) is 6.08. The van der Waals surface area contributed by atoms with Gasteiger partial charge in [-0.15, -0.1) is 0 Å². The van der Waals surface area contributed by atoms with Gasteiger partial charge in [0, 0.05) is 17.3 Å². The lowest BCUT2D eigenvalue weighted by Gasteiger charge is -2.18. The van der Waals surface area contributed by atoms with E-state index in [9.17, 15) is 19.8 Å². The van der Waals surface area contributed by atoms with Gasteiger partial charge in [0.1, 0.15) is 6.10 Å². The van der Waals surface area contributed by atoms with Crippen LogP contribution in [0.4, 0.5) is 0 Å². The summed E-state index contributed by atoms with van der Waals surface area (Å²) in [5.74, 6) is -0.438. The minimum atomic E-state index is -1.24. The number of aromatic amines is 1. The predicted molar refractivity (Wildman–Crippen MR) is 87.8 cm³/mol. The third kappa shape index (κ3) is 3.07. The van der Waals surface area contributed by atoms with E-state index in [2.05, 4.69) is 4.98 Å². The second kappa shape index (κ2) is 6.75. The van der Waals surface area contributed by atoms with Gasteiger partial charge in [-0.05, 0) is 43.0 Å². The number of benzene rings is 1. The molecule has 0 saturated heterocycles. The third-order valence-electron chi connectivity index (χ3n) is 4.43. The predicted octanol–water partition coefficient (Wildman–Crippen LogP) is 2.03. The van der Waals surface area contributed by atoms with Crippen LogP contribution in [0.15, 0.2) is 18.2 Å². The Morgan fingerprint density at radius 1 is 1.33 bits per heavy atom. The number of Topliss-reactive ketones (excluding diaryl/α,β-unsaturated/α-hetero) is 1. The molecule has 0 spiro atoms. The average Bonchev–Trinajstić information content (AvgIpc) is 2.93. The van der Waals surface area contributed by atoms with Gasteiger partial charge in [-0.1, -0.05) is 6.07 Å². The molecule has 0 fully saturated rings. The summed E-state index contributed by atoms with van der Waals surface area (Å²) in [7, 11) is 0. The third-order valence-corrected chi connectivity index (χ3v) is 4.43. The number of H-pyrrole nitrogens is 1. The molecule has 6 nitrogen and oxygen atoms in total. The van der Waals surface area contributed by atoms with Gasteiger partial charge in [0.05, 0.1) is 24.8 Å². The van der Waals surface area contributed by atoms with E-state index in [0.717, 1.165) is 29.3 Å². The number of aromatic nitrogens is 1. The molecule has 2 aromatic rings. The molecule has 1 aliphatic carbocycles. The van der Waals surface area contributed by atoms with Crippen LogP contribution < -0.4 is 0 Å². The molecule has 128 valence electrons. The summed E-state index contributed by atoms with van der Waals surface area (Å²) in [4.78, 5) is 26.6. The molecule has 1 aromatic heterocycles. The highest BCUT2D eigenvalue weighted by Gasteiger charge is 2.25. The van der Waals surface area contributed by atoms with Gasteiger partial charge in [0.15, 0.2) is 5.78 Å². The highest BCUT2D eigenvalue weighted by atomic mass is 16.5. The van der Waals surface area contributed by atoms with E-state index in [0.29, 0.717) is 17.7 Å². The van der Waals surface area contributed by atoms with Crippen LogP contribution in [0.1, 0.15) is 53.9 Å². The van der Waals surface area contributed by atoms with Crippen LogP contribution in [0.2, 0.25) is 0 Å². The number of ketones is 1. The van der Waals surface area contributed by atoms with E-state index in [4.69, 9.17) is 4.74 Å². The summed E-state index contributed by atoms with van der Waals surface area (Å²) in [6.45, 7) is 1.92. The number of aryl methyl sites for hydroxylation is 1. The van der Waals surface area contributed by atoms with Gasteiger partial charge >= 0.3 is 5.97 Å². The number of carbonyl (C=O) groups is 2. The first-order valence-electron chi connectivity index (χ1n) is 8.20. The summed E-state index contributed by atoms with van der Waals surface area (Å²) in [5, 5.41) is 21.3. The topological polar surface area (TPSA) is 99.6 Å². The van der Waals surface area contributed by atoms with E-state index in [1.165, 1.54) is 0 Å². The Morgan fingerprint density at radius 2 is 2.12 bits per heavy atom. The van der Waals surface area contributed by atoms with Gasteiger partial charge < -0.3 is 19.9 Å². The van der Waals surface area contributed by atoms with E-state index in [1.807, 2.05) is 0 Å². The zero-order valence-electron chi connectivity index (χ0n) is 13.5. The Labute approximate surface area is 139 Å². The fraction of sp³-hybridized carbons (Fsp3) is 0.444. The summed E-state index contributed by atoms with van der Waals surface area (Å²) in [6.07, 6.45) is -0.519. The number of aliphatic hydroxyl groups is 2. The summed E-state index contributed by atoms with van der Waals surface area (Å²) < 4.78 is 4.79. The molecular formula is C18H21NO5. The molecule has 0 aliphatic heterocycles. The number of carbonyl (C=O) groups excluding carboxylic acids is 2. The minimum absolute atomic E-state index is 0.108. The molecule has 24 heavy (non-hydrogen) atoms. The standard InChI is InChI=1S/C18H21NO5/c1-2-24-16(22)9-15(21)18(23)10-6-7-13-12(8-10)11-4-3-5-14(20)17(11)19-13/h6-8,15,18-19,21,23H,2-5,9H2,1H3. The fourth-order valence-electron chi connectivity index (χ4n) is 3.22. The van der Waals surface area contributed by atoms with Gasteiger partial charge in [0.2, 0.25) is 0 Å². The summed E-state index contributed by atoms with van der Waals surface area (Å²) >= 11 is 0. The summed E-state index contributed by atoms with van der Waals surface area (Å²) in [5.41, 5.74) is 2.97. The van der Waals surface area contributed by atoms with Gasteiger partial charge in [-0.25, -0.2) is 0 Å². The van der Waals surface area contributed by atoms with E-state index < -0.39 is 18.2 Å². The number of esters is 1. The molecule has 2 atom stereocenters. The number of hydrogen-bond donors (Lipinski definition) is 3. The average molecular weight is 331 g/mol. The van der Waals surface area contributed by atoms with Crippen LogP contribution in [0.5, 0.6) is 0 Å². The van der Waals surface area contributed by atoms with Crippen molar-refractivity contribution < 1.29 is 24.5 Å². The first kappa shape index (κ1) is 16.7. The van der Waals surface area contributed by atoms with Gasteiger partial charge in [0.25, 0.3) is 0 Å². The van der Waals surface area contributed by atoms with Crippen LogP contribution in [-0.4, -0.2) is 39.7 Å². The van der Waals surface area contributed by atoms with Crippen LogP contribution >= 0.6 is 0 Å². The zero-order chi connectivity index (χ0) is 17.3. The van der Waals surface area contributed by atoms with Crippen molar-refractivity contribution in [1.29, 1.82) is 0 Å². The number of aliphatic hydroxyl groups excluding tert-OH is 2. The van der Waals surface area contributed by atoms with Crippen LogP contribution in [0.25, 0.3) is 10.9 Å². The molecule has 1 aliphatic rings. The molecule has 0 bridgehead atoms. The van der Waals surface area contributed by atoms with Crippen molar-refractivity contribution in [3.8, 4) is 0 Å². The lowest BCUT2D eigenvalue weighted by Crippen LogP contribution is -2.23. The second-order valence-electron chi connectivity index (χ2n) is 6.08. The number of hydrogen-bond acceptors (Lipinski definition) is 5. The highest BCUT2D eigenvalue weighted by Crippen LogP contribution is 2.31. The SMILES string of the molecule is CCOC(=O)CC(O)C(O)c1ccc2[nH]c3c(c2c1)CCCC3=O. The van der Waals surface area contributed by atoms with Crippen molar-refractivity contribution in [2.24, 2.45) is 0 Å². The van der Waals surface area contributed by atoms with Gasteiger partial charge in [-0.2, -0.15) is 0 Å². The fourth-order valence-corrected chi connectivity index (χ4v) is 3.22. The Hall–Kier alpha value is -2.18. The van der Waals surface area contributed by atoms with Crippen molar-refractivity contribution in [1.82, 2.24) is 4.98 Å². The van der Waals surface area contributed by atoms with Crippen molar-refractivity contribution >= 4 is 22.7 Å². The maximum absolute atomic E-state index is 12.0. The normalized spacial score (nSPS) is 16.7. The Balaban J connectivity index is 1.87. The molecule has 1 aromatic carbocycles. The first-order chi connectivity index (χ1) is 11.5. The lowest BCUT2D eigenvalue weighted by atomic mass is 9.93. The van der Waals surface area contributed by atoms with Crippen LogP contribution in [-0.2, 0) is 16.0 Å². The van der Waals surface area contributed by atoms with Crippen LogP contribution in [0.3, 0.4) is 0 Å². The Kier molecular flexibility index (Phi) is 4.69. The number of ether oxygens (including phenoxy) is 1. The molecule has 3 N–H and O–H groups in total. The van der Waals surface area contributed by atoms with Crippen molar-refractivity contribution in [3.63, 3.8) is 0 Å². The van der Waals surface area contributed by atoms with Crippen molar-refractivity contribution in [2.45, 2.75) is 44.8 Å². The van der Waals surface area contributed by atoms with Crippen molar-refractivity contribution in [2.75, 3.05) is 6.61 Å². The molecule has 3 rings (SSSR count). The van der Waals surface area contributed by atoms with Crippen molar-refractivity contribution in [3.05, 3.63) is 35.0 Å². The number of nitrogens with one attached hydrogen (secondary N) is 1. The Morgan fingerprint density at radius 3 is 2.88 bits per heavy atom. The monoisotopic (exact) mass is 331 g/mol. The zero-order valence-corrected chi connectivity index (χ0v) is 13.5. The molecule has 0 radical (unpaired) electrons. The molecule has 0 saturated carbocycles. The quantitative estimate of drug-likeness (QED) is 0.728. The smallest absolute Gasteiger partial charge is 0.308 e.